The van der Waals surface area contributed by atoms with E-state index >= 15 is 0 Å². The summed E-state index contributed by atoms with van der Waals surface area (Å²) in [6.45, 7) is 2.79. The molecule has 2 aromatic carbocycles. The van der Waals surface area contributed by atoms with Crippen molar-refractivity contribution in [3.63, 3.8) is 0 Å². The summed E-state index contributed by atoms with van der Waals surface area (Å²) in [6, 6.07) is 16.1. The van der Waals surface area contributed by atoms with Gasteiger partial charge in [-0.25, -0.2) is 4.79 Å². The van der Waals surface area contributed by atoms with E-state index in [1.54, 1.807) is 18.5 Å². The van der Waals surface area contributed by atoms with Gasteiger partial charge in [0.15, 0.2) is 0 Å². The molecule has 30 heavy (non-hydrogen) atoms. The molecule has 0 saturated carbocycles. The van der Waals surface area contributed by atoms with E-state index < -0.39 is 0 Å². The third-order valence-electron chi connectivity index (χ3n) is 5.64. The number of benzene rings is 2. The van der Waals surface area contributed by atoms with Crippen LogP contribution >= 0.6 is 0 Å². The zero-order chi connectivity index (χ0) is 20.9. The molecule has 5 heteroatoms. The van der Waals surface area contributed by atoms with Crippen LogP contribution in [0.15, 0.2) is 60.9 Å². The fourth-order valence-corrected chi connectivity index (χ4v) is 4.02. The van der Waals surface area contributed by atoms with E-state index in [9.17, 15) is 4.79 Å². The van der Waals surface area contributed by atoms with Crippen molar-refractivity contribution in [3.8, 4) is 11.5 Å². The number of aryl methyl sites for hydroxylation is 2. The van der Waals surface area contributed by atoms with Crippen LogP contribution in [0.5, 0.6) is 11.5 Å². The number of nitrogens with zero attached hydrogens (tertiary/aromatic N) is 1. The van der Waals surface area contributed by atoms with Crippen molar-refractivity contribution in [1.29, 1.82) is 0 Å². The Hall–Kier alpha value is -3.34. The summed E-state index contributed by atoms with van der Waals surface area (Å²) in [5, 5.41) is 3.41. The van der Waals surface area contributed by atoms with Gasteiger partial charge in [-0.1, -0.05) is 24.3 Å². The van der Waals surface area contributed by atoms with Gasteiger partial charge in [0.05, 0.1) is 24.6 Å². The van der Waals surface area contributed by atoms with Gasteiger partial charge < -0.3 is 14.8 Å². The SMILES string of the molecule is COC(=O)c1ccncc1NCC1CCCc2cc(Oc3ccccc3C)ccc21. The number of hydrogen-bond acceptors (Lipinski definition) is 5. The smallest absolute Gasteiger partial charge is 0.340 e. The minimum Gasteiger partial charge on any atom is -0.465 e. The molecule has 4 rings (SSSR count). The van der Waals surface area contributed by atoms with Crippen LogP contribution in [0.3, 0.4) is 0 Å². The second kappa shape index (κ2) is 8.99. The number of pyridine rings is 1. The van der Waals surface area contributed by atoms with Crippen molar-refractivity contribution in [2.75, 3.05) is 19.0 Å². The molecular weight excluding hydrogens is 376 g/mol. The summed E-state index contributed by atoms with van der Waals surface area (Å²) in [4.78, 5) is 16.1. The molecule has 0 radical (unpaired) electrons. The number of carbonyl (C=O) groups excluding carboxylic acids is 1. The molecule has 1 aliphatic carbocycles. The van der Waals surface area contributed by atoms with E-state index in [1.807, 2.05) is 24.3 Å². The van der Waals surface area contributed by atoms with Crippen molar-refractivity contribution >= 4 is 11.7 Å². The van der Waals surface area contributed by atoms with Gasteiger partial charge in [0.1, 0.15) is 11.5 Å². The number of hydrogen-bond donors (Lipinski definition) is 1. The van der Waals surface area contributed by atoms with Gasteiger partial charge in [-0.2, -0.15) is 0 Å². The fraction of sp³-hybridized carbons (Fsp3) is 0.280. The highest BCUT2D eigenvalue weighted by Crippen LogP contribution is 2.35. The number of fused-ring (bicyclic) bond motifs is 1. The minimum absolute atomic E-state index is 0.359. The van der Waals surface area contributed by atoms with Crippen LogP contribution in [-0.2, 0) is 11.2 Å². The zero-order valence-electron chi connectivity index (χ0n) is 17.4. The lowest BCUT2D eigenvalue weighted by molar-refractivity contribution is 0.0601. The monoisotopic (exact) mass is 402 g/mol. The molecule has 0 spiro atoms. The molecule has 1 heterocycles. The van der Waals surface area contributed by atoms with E-state index in [0.717, 1.165) is 42.9 Å². The van der Waals surface area contributed by atoms with E-state index in [0.29, 0.717) is 17.2 Å². The summed E-state index contributed by atoms with van der Waals surface area (Å²) in [6.07, 6.45) is 6.56. The normalized spacial score (nSPS) is 15.2. The average Bonchev–Trinajstić information content (AvgIpc) is 2.78. The molecule has 5 nitrogen and oxygen atoms in total. The summed E-state index contributed by atoms with van der Waals surface area (Å²) in [5.41, 5.74) is 5.00. The van der Waals surface area contributed by atoms with Crippen molar-refractivity contribution in [2.24, 2.45) is 0 Å². The third-order valence-corrected chi connectivity index (χ3v) is 5.64. The summed E-state index contributed by atoms with van der Waals surface area (Å²) >= 11 is 0. The summed E-state index contributed by atoms with van der Waals surface area (Å²) < 4.78 is 11.0. The largest absolute Gasteiger partial charge is 0.465 e. The number of aromatic nitrogens is 1. The first-order chi connectivity index (χ1) is 14.7. The van der Waals surface area contributed by atoms with Crippen molar-refractivity contribution < 1.29 is 14.3 Å². The van der Waals surface area contributed by atoms with Gasteiger partial charge in [0.2, 0.25) is 0 Å². The maximum atomic E-state index is 12.0. The van der Waals surface area contributed by atoms with Gasteiger partial charge >= 0.3 is 5.97 Å². The number of nitrogens with one attached hydrogen (secondary N) is 1. The molecule has 0 amide bonds. The van der Waals surface area contributed by atoms with Gasteiger partial charge in [0, 0.05) is 18.7 Å². The van der Waals surface area contributed by atoms with Crippen molar-refractivity contribution in [2.45, 2.75) is 32.1 Å². The highest BCUT2D eigenvalue weighted by molar-refractivity contribution is 5.95. The first kappa shape index (κ1) is 20.0. The molecule has 3 aromatic rings. The maximum Gasteiger partial charge on any atom is 0.340 e. The predicted octanol–water partition coefficient (Wildman–Crippen LogP) is 5.50. The fourth-order valence-electron chi connectivity index (χ4n) is 4.02. The molecule has 0 bridgehead atoms. The van der Waals surface area contributed by atoms with Gasteiger partial charge in [0.25, 0.3) is 0 Å². The van der Waals surface area contributed by atoms with Crippen LogP contribution < -0.4 is 10.1 Å². The number of methoxy groups -OCH3 is 1. The molecule has 1 aliphatic rings. The van der Waals surface area contributed by atoms with Crippen molar-refractivity contribution in [1.82, 2.24) is 4.98 Å². The van der Waals surface area contributed by atoms with Gasteiger partial charge in [-0.3, -0.25) is 4.98 Å². The Labute approximate surface area is 177 Å². The number of rotatable bonds is 6. The Morgan fingerprint density at radius 1 is 1.20 bits per heavy atom. The van der Waals surface area contributed by atoms with E-state index in [1.165, 1.54) is 18.2 Å². The maximum absolute atomic E-state index is 12.0. The number of anilines is 1. The van der Waals surface area contributed by atoms with Crippen LogP contribution in [0.25, 0.3) is 0 Å². The lowest BCUT2D eigenvalue weighted by Crippen LogP contribution is -2.19. The topological polar surface area (TPSA) is 60.5 Å². The van der Waals surface area contributed by atoms with Crippen molar-refractivity contribution in [3.05, 3.63) is 83.2 Å². The highest BCUT2D eigenvalue weighted by atomic mass is 16.5. The number of carbonyl (C=O) groups is 1. The quantitative estimate of drug-likeness (QED) is 0.552. The Bertz CT molecular complexity index is 1050. The second-order valence-corrected chi connectivity index (χ2v) is 7.61. The van der Waals surface area contributed by atoms with Crippen LogP contribution in [0.4, 0.5) is 5.69 Å². The lowest BCUT2D eigenvalue weighted by atomic mass is 9.82. The molecule has 1 unspecified atom stereocenters. The number of para-hydroxylation sites is 1. The van der Waals surface area contributed by atoms with Crippen LogP contribution in [0, 0.1) is 6.92 Å². The standard InChI is InChI=1S/C25H26N2O3/c1-17-6-3-4-9-24(17)30-20-10-11-21-18(14-20)7-5-8-19(21)15-27-23-16-26-13-12-22(23)25(28)29-2/h3-4,6,9-14,16,19,27H,5,7-8,15H2,1-2H3. The number of ether oxygens (including phenoxy) is 2. The molecule has 0 fully saturated rings. The van der Waals surface area contributed by atoms with Crippen LogP contribution in [0.1, 0.15) is 45.8 Å². The molecule has 1 atom stereocenters. The Morgan fingerprint density at radius 2 is 2.07 bits per heavy atom. The average molecular weight is 402 g/mol. The van der Waals surface area contributed by atoms with Gasteiger partial charge in [-0.05, 0) is 67.1 Å². The zero-order valence-corrected chi connectivity index (χ0v) is 17.4. The molecule has 0 saturated heterocycles. The molecule has 0 aliphatic heterocycles. The Balaban J connectivity index is 1.50. The Kier molecular flexibility index (Phi) is 5.98. The lowest BCUT2D eigenvalue weighted by Gasteiger charge is -2.27. The van der Waals surface area contributed by atoms with Crippen LogP contribution in [-0.4, -0.2) is 24.6 Å². The second-order valence-electron chi connectivity index (χ2n) is 7.61. The Morgan fingerprint density at radius 3 is 2.90 bits per heavy atom. The number of esters is 1. The third kappa shape index (κ3) is 4.30. The van der Waals surface area contributed by atoms with E-state index in [-0.39, 0.29) is 5.97 Å². The first-order valence-corrected chi connectivity index (χ1v) is 10.3. The first-order valence-electron chi connectivity index (χ1n) is 10.3. The van der Waals surface area contributed by atoms with E-state index in [4.69, 9.17) is 9.47 Å². The summed E-state index contributed by atoms with van der Waals surface area (Å²) in [7, 11) is 1.39. The van der Waals surface area contributed by atoms with E-state index in [2.05, 4.69) is 35.4 Å². The highest BCUT2D eigenvalue weighted by Gasteiger charge is 2.22. The molecule has 1 aromatic heterocycles. The van der Waals surface area contributed by atoms with Crippen LogP contribution in [0.2, 0.25) is 0 Å². The summed E-state index contributed by atoms with van der Waals surface area (Å²) in [5.74, 6) is 1.77. The molecular formula is C25H26N2O3. The predicted molar refractivity (Wildman–Crippen MR) is 117 cm³/mol. The van der Waals surface area contributed by atoms with Gasteiger partial charge in [-0.15, -0.1) is 0 Å². The molecule has 154 valence electrons. The minimum atomic E-state index is -0.359. The molecule has 1 N–H and O–H groups in total.